The molecule has 0 unspecified atom stereocenters. The van der Waals surface area contributed by atoms with Crippen molar-refractivity contribution in [2.24, 2.45) is 0 Å². The van der Waals surface area contributed by atoms with Gasteiger partial charge in [0.05, 0.1) is 17.3 Å². The number of hydrogen-bond acceptors (Lipinski definition) is 3. The first-order valence-corrected chi connectivity index (χ1v) is 9.42. The van der Waals surface area contributed by atoms with Crippen LogP contribution in [0.2, 0.25) is 5.02 Å². The molecule has 0 radical (unpaired) electrons. The van der Waals surface area contributed by atoms with E-state index in [1.54, 1.807) is 4.90 Å². The standard InChI is InChI=1S/C18H24ClFN4O2/c19-15-12-14(20)4-5-16(15)21-18(26)24-10-8-22(9-11-24)13-17(25)23-6-2-1-3-7-23/h4-5,12H,1-3,6-11,13H2,(H,21,26). The second-order valence-corrected chi connectivity index (χ2v) is 7.17. The number of halogens is 2. The molecule has 2 saturated heterocycles. The van der Waals surface area contributed by atoms with Crippen LogP contribution >= 0.6 is 11.6 Å². The molecule has 3 amide bonds. The number of amides is 3. The first-order chi connectivity index (χ1) is 12.5. The van der Waals surface area contributed by atoms with Crippen LogP contribution in [0.4, 0.5) is 14.9 Å². The Hall–Kier alpha value is -1.86. The van der Waals surface area contributed by atoms with Gasteiger partial charge in [-0.1, -0.05) is 11.6 Å². The van der Waals surface area contributed by atoms with Crippen molar-refractivity contribution in [2.45, 2.75) is 19.3 Å². The Kier molecular flexibility index (Phi) is 6.32. The van der Waals surface area contributed by atoms with E-state index in [4.69, 9.17) is 11.6 Å². The SMILES string of the molecule is O=C(CN1CCN(C(=O)Nc2ccc(F)cc2Cl)CC1)N1CCCCC1. The Labute approximate surface area is 157 Å². The third-order valence-corrected chi connectivity index (χ3v) is 5.21. The molecule has 0 atom stereocenters. The summed E-state index contributed by atoms with van der Waals surface area (Å²) in [5.41, 5.74) is 0.390. The van der Waals surface area contributed by atoms with Crippen molar-refractivity contribution in [3.63, 3.8) is 0 Å². The Morgan fingerprint density at radius 3 is 2.35 bits per heavy atom. The zero-order chi connectivity index (χ0) is 18.5. The second-order valence-electron chi connectivity index (χ2n) is 6.76. The third kappa shape index (κ3) is 4.86. The molecule has 2 fully saturated rings. The van der Waals surface area contributed by atoms with E-state index in [0.717, 1.165) is 25.9 Å². The lowest BCUT2D eigenvalue weighted by Crippen LogP contribution is -2.52. The van der Waals surface area contributed by atoms with Gasteiger partial charge in [-0.3, -0.25) is 9.69 Å². The average molecular weight is 383 g/mol. The summed E-state index contributed by atoms with van der Waals surface area (Å²) in [4.78, 5) is 30.4. The fourth-order valence-electron chi connectivity index (χ4n) is 3.33. The molecule has 0 aromatic heterocycles. The van der Waals surface area contributed by atoms with Crippen LogP contribution in [0.3, 0.4) is 0 Å². The number of urea groups is 1. The van der Waals surface area contributed by atoms with Crippen molar-refractivity contribution in [2.75, 3.05) is 51.1 Å². The maximum Gasteiger partial charge on any atom is 0.321 e. The molecule has 1 aromatic rings. The lowest BCUT2D eigenvalue weighted by atomic mass is 10.1. The molecule has 0 bridgehead atoms. The number of carbonyl (C=O) groups is 2. The van der Waals surface area contributed by atoms with Crippen LogP contribution in [0.15, 0.2) is 18.2 Å². The van der Waals surface area contributed by atoms with Crippen LogP contribution in [0, 0.1) is 5.82 Å². The van der Waals surface area contributed by atoms with E-state index in [1.165, 1.54) is 24.6 Å². The van der Waals surface area contributed by atoms with Crippen LogP contribution in [0.25, 0.3) is 0 Å². The summed E-state index contributed by atoms with van der Waals surface area (Å²) in [6, 6.07) is 3.61. The average Bonchev–Trinajstić information content (AvgIpc) is 2.65. The van der Waals surface area contributed by atoms with Gasteiger partial charge in [0, 0.05) is 39.3 Å². The fourth-order valence-corrected chi connectivity index (χ4v) is 3.54. The first-order valence-electron chi connectivity index (χ1n) is 9.04. The van der Waals surface area contributed by atoms with Gasteiger partial charge in [-0.25, -0.2) is 9.18 Å². The van der Waals surface area contributed by atoms with E-state index < -0.39 is 5.82 Å². The zero-order valence-electron chi connectivity index (χ0n) is 14.7. The highest BCUT2D eigenvalue weighted by molar-refractivity contribution is 6.33. The minimum Gasteiger partial charge on any atom is -0.342 e. The maximum atomic E-state index is 13.1. The van der Waals surface area contributed by atoms with E-state index >= 15 is 0 Å². The van der Waals surface area contributed by atoms with Crippen molar-refractivity contribution in [1.82, 2.24) is 14.7 Å². The van der Waals surface area contributed by atoms with Gasteiger partial charge in [-0.2, -0.15) is 0 Å². The molecular weight excluding hydrogens is 359 g/mol. The molecule has 142 valence electrons. The summed E-state index contributed by atoms with van der Waals surface area (Å²) < 4.78 is 13.1. The van der Waals surface area contributed by atoms with Gasteiger partial charge in [0.1, 0.15) is 5.82 Å². The van der Waals surface area contributed by atoms with E-state index in [-0.39, 0.29) is 17.0 Å². The highest BCUT2D eigenvalue weighted by Gasteiger charge is 2.25. The number of benzene rings is 1. The molecule has 1 N–H and O–H groups in total. The molecule has 2 heterocycles. The number of hydrogen-bond donors (Lipinski definition) is 1. The number of likely N-dealkylation sites (tertiary alicyclic amines) is 1. The van der Waals surface area contributed by atoms with Gasteiger partial charge < -0.3 is 15.1 Å². The Morgan fingerprint density at radius 1 is 1.00 bits per heavy atom. The molecule has 3 rings (SSSR count). The molecule has 1 aromatic carbocycles. The summed E-state index contributed by atoms with van der Waals surface area (Å²) in [6.07, 6.45) is 3.38. The maximum absolute atomic E-state index is 13.1. The molecule has 26 heavy (non-hydrogen) atoms. The third-order valence-electron chi connectivity index (χ3n) is 4.90. The Balaban J connectivity index is 1.45. The Bertz CT molecular complexity index is 659. The lowest BCUT2D eigenvalue weighted by molar-refractivity contribution is -0.133. The van der Waals surface area contributed by atoms with Crippen molar-refractivity contribution in [3.05, 3.63) is 29.0 Å². The van der Waals surface area contributed by atoms with Gasteiger partial charge in [-0.05, 0) is 37.5 Å². The molecule has 0 spiro atoms. The van der Waals surface area contributed by atoms with Crippen molar-refractivity contribution >= 4 is 29.2 Å². The van der Waals surface area contributed by atoms with Crippen LogP contribution in [-0.2, 0) is 4.79 Å². The molecule has 6 nitrogen and oxygen atoms in total. The second kappa shape index (κ2) is 8.68. The smallest absolute Gasteiger partial charge is 0.321 e. The predicted octanol–water partition coefficient (Wildman–Crippen LogP) is 2.64. The van der Waals surface area contributed by atoms with Crippen LogP contribution in [0.5, 0.6) is 0 Å². The minimum absolute atomic E-state index is 0.170. The molecule has 8 heteroatoms. The summed E-state index contributed by atoms with van der Waals surface area (Å²) in [6.45, 7) is 4.53. The Morgan fingerprint density at radius 2 is 1.69 bits per heavy atom. The first kappa shape index (κ1) is 18.9. The number of piperidine rings is 1. The summed E-state index contributed by atoms with van der Waals surface area (Å²) >= 11 is 5.94. The lowest BCUT2D eigenvalue weighted by Gasteiger charge is -2.36. The highest BCUT2D eigenvalue weighted by Crippen LogP contribution is 2.23. The highest BCUT2D eigenvalue weighted by atomic mass is 35.5. The van der Waals surface area contributed by atoms with Gasteiger partial charge >= 0.3 is 6.03 Å². The van der Waals surface area contributed by atoms with Gasteiger partial charge in [0.15, 0.2) is 0 Å². The summed E-state index contributed by atoms with van der Waals surface area (Å²) in [5.74, 6) is -0.263. The van der Waals surface area contributed by atoms with Gasteiger partial charge in [0.25, 0.3) is 0 Å². The molecule has 2 aliphatic rings. The number of rotatable bonds is 3. The number of piperazine rings is 1. The summed E-state index contributed by atoms with van der Waals surface area (Å²) in [5, 5.41) is 2.88. The minimum atomic E-state index is -0.444. The largest absolute Gasteiger partial charge is 0.342 e. The van der Waals surface area contributed by atoms with Crippen LogP contribution < -0.4 is 5.32 Å². The zero-order valence-corrected chi connectivity index (χ0v) is 15.5. The monoisotopic (exact) mass is 382 g/mol. The molecule has 2 aliphatic heterocycles. The van der Waals surface area contributed by atoms with E-state index in [1.807, 2.05) is 4.90 Å². The van der Waals surface area contributed by atoms with Crippen molar-refractivity contribution < 1.29 is 14.0 Å². The van der Waals surface area contributed by atoms with Gasteiger partial charge in [-0.15, -0.1) is 0 Å². The van der Waals surface area contributed by atoms with Crippen LogP contribution in [-0.4, -0.2) is 72.5 Å². The van der Waals surface area contributed by atoms with Crippen LogP contribution in [0.1, 0.15) is 19.3 Å². The van der Waals surface area contributed by atoms with E-state index in [2.05, 4.69) is 10.2 Å². The fraction of sp³-hybridized carbons (Fsp3) is 0.556. The van der Waals surface area contributed by atoms with Gasteiger partial charge in [0.2, 0.25) is 5.91 Å². The number of nitrogens with one attached hydrogen (secondary N) is 1. The van der Waals surface area contributed by atoms with E-state index in [0.29, 0.717) is 38.4 Å². The number of nitrogens with zero attached hydrogens (tertiary/aromatic N) is 3. The molecule has 0 aliphatic carbocycles. The summed E-state index contributed by atoms with van der Waals surface area (Å²) in [7, 11) is 0. The van der Waals surface area contributed by atoms with Crippen molar-refractivity contribution in [1.29, 1.82) is 0 Å². The van der Waals surface area contributed by atoms with Crippen molar-refractivity contribution in [3.8, 4) is 0 Å². The normalized spacial score (nSPS) is 18.7. The number of anilines is 1. The van der Waals surface area contributed by atoms with E-state index in [9.17, 15) is 14.0 Å². The predicted molar refractivity (Wildman–Crippen MR) is 98.9 cm³/mol. The quantitative estimate of drug-likeness (QED) is 0.874. The number of carbonyl (C=O) groups excluding carboxylic acids is 2. The topological polar surface area (TPSA) is 55.9 Å². The molecular formula is C18H24ClFN4O2. The molecule has 0 saturated carbocycles.